The van der Waals surface area contributed by atoms with Gasteiger partial charge in [-0.15, -0.1) is 0 Å². The zero-order chi connectivity index (χ0) is 11.7. The van der Waals surface area contributed by atoms with Crippen molar-refractivity contribution in [3.8, 4) is 0 Å². The van der Waals surface area contributed by atoms with Crippen molar-refractivity contribution in [2.75, 3.05) is 0 Å². The molecule has 1 aromatic carbocycles. The molecule has 0 heterocycles. The second-order valence-corrected chi connectivity index (χ2v) is 4.07. The smallest absolute Gasteiger partial charge is 0.337 e. The molecule has 0 aliphatic carbocycles. The third kappa shape index (κ3) is 2.25. The van der Waals surface area contributed by atoms with E-state index in [1.807, 2.05) is 0 Å². The monoisotopic (exact) mass is 312 g/mol. The fourth-order valence-electron chi connectivity index (χ4n) is 0.915. The van der Waals surface area contributed by atoms with Gasteiger partial charge in [0.05, 0.1) is 25.6 Å². The number of carboxylic acids is 2. The number of hydrogen-bond donors (Lipinski definition) is 2. The number of halogens is 3. The quantitative estimate of drug-likeness (QED) is 0.822. The Labute approximate surface area is 103 Å². The predicted molar refractivity (Wildman–Crippen MR) is 58.1 cm³/mol. The highest BCUT2D eigenvalue weighted by Gasteiger charge is 2.21. The lowest BCUT2D eigenvalue weighted by Crippen LogP contribution is -2.05. The van der Waals surface area contributed by atoms with E-state index in [1.165, 1.54) is 0 Å². The SMILES string of the molecule is O=C(O)c1cc(C(=O)O)c(Br)c(Cl)c1Cl. The van der Waals surface area contributed by atoms with Gasteiger partial charge in [-0.25, -0.2) is 9.59 Å². The van der Waals surface area contributed by atoms with Crippen LogP contribution in [-0.4, -0.2) is 22.2 Å². The number of benzene rings is 1. The first kappa shape index (κ1) is 12.3. The Morgan fingerprint density at radius 2 is 1.53 bits per heavy atom. The van der Waals surface area contributed by atoms with Crippen molar-refractivity contribution in [3.05, 3.63) is 31.7 Å². The van der Waals surface area contributed by atoms with Crippen LogP contribution in [-0.2, 0) is 0 Å². The minimum Gasteiger partial charge on any atom is -0.478 e. The molecule has 0 spiro atoms. The Bertz CT molecular complexity index is 420. The highest BCUT2D eigenvalue weighted by Crippen LogP contribution is 2.36. The molecule has 0 bridgehead atoms. The van der Waals surface area contributed by atoms with Crippen molar-refractivity contribution in [3.63, 3.8) is 0 Å². The van der Waals surface area contributed by atoms with E-state index < -0.39 is 11.9 Å². The summed E-state index contributed by atoms with van der Waals surface area (Å²) >= 11 is 14.2. The molecule has 80 valence electrons. The Hall–Kier alpha value is -0.780. The summed E-state index contributed by atoms with van der Waals surface area (Å²) in [5.74, 6) is -2.63. The van der Waals surface area contributed by atoms with E-state index in [0.717, 1.165) is 6.07 Å². The molecule has 2 N–H and O–H groups in total. The van der Waals surface area contributed by atoms with E-state index in [4.69, 9.17) is 33.4 Å². The molecule has 1 aromatic rings. The molecular weight excluding hydrogens is 311 g/mol. The van der Waals surface area contributed by atoms with Crippen LogP contribution in [0, 0.1) is 0 Å². The fraction of sp³-hybridized carbons (Fsp3) is 0. The summed E-state index contributed by atoms with van der Waals surface area (Å²) in [5.41, 5.74) is -0.593. The molecule has 0 amide bonds. The number of carboxylic acid groups (broad SMARTS) is 2. The van der Waals surface area contributed by atoms with Crippen molar-refractivity contribution < 1.29 is 19.8 Å². The second kappa shape index (κ2) is 4.38. The Kier molecular flexibility index (Phi) is 3.59. The molecular formula is C8H3BrCl2O4. The van der Waals surface area contributed by atoms with Gasteiger partial charge >= 0.3 is 11.9 Å². The van der Waals surface area contributed by atoms with Crippen LogP contribution in [0.4, 0.5) is 0 Å². The number of aromatic carboxylic acids is 2. The van der Waals surface area contributed by atoms with Gasteiger partial charge in [0, 0.05) is 0 Å². The van der Waals surface area contributed by atoms with E-state index in [0.29, 0.717) is 0 Å². The van der Waals surface area contributed by atoms with Crippen molar-refractivity contribution in [1.29, 1.82) is 0 Å². The molecule has 0 aromatic heterocycles. The van der Waals surface area contributed by atoms with Crippen molar-refractivity contribution in [1.82, 2.24) is 0 Å². The molecule has 0 radical (unpaired) electrons. The molecule has 0 aliphatic rings. The fourth-order valence-corrected chi connectivity index (χ4v) is 1.95. The van der Waals surface area contributed by atoms with Crippen molar-refractivity contribution >= 4 is 51.1 Å². The van der Waals surface area contributed by atoms with E-state index >= 15 is 0 Å². The van der Waals surface area contributed by atoms with Gasteiger partial charge < -0.3 is 10.2 Å². The van der Waals surface area contributed by atoms with Crippen molar-refractivity contribution in [2.45, 2.75) is 0 Å². The van der Waals surface area contributed by atoms with Gasteiger partial charge in [0.1, 0.15) is 0 Å². The Morgan fingerprint density at radius 1 is 1.07 bits per heavy atom. The molecule has 15 heavy (non-hydrogen) atoms. The first-order chi connectivity index (χ1) is 6.86. The Morgan fingerprint density at radius 3 is 1.93 bits per heavy atom. The van der Waals surface area contributed by atoms with Gasteiger partial charge in [0.25, 0.3) is 0 Å². The topological polar surface area (TPSA) is 74.6 Å². The predicted octanol–water partition coefficient (Wildman–Crippen LogP) is 3.15. The number of hydrogen-bond acceptors (Lipinski definition) is 2. The minimum absolute atomic E-state index is 0.0617. The summed E-state index contributed by atoms with van der Waals surface area (Å²) < 4.78 is 0.0617. The van der Waals surface area contributed by atoms with Gasteiger partial charge in [-0.1, -0.05) is 23.2 Å². The van der Waals surface area contributed by atoms with Crippen LogP contribution in [0.2, 0.25) is 10.0 Å². The van der Waals surface area contributed by atoms with Crippen LogP contribution < -0.4 is 0 Å². The van der Waals surface area contributed by atoms with Crippen LogP contribution in [0.15, 0.2) is 10.5 Å². The number of rotatable bonds is 2. The summed E-state index contributed by atoms with van der Waals surface area (Å²) in [6, 6.07) is 0.947. The molecule has 0 unspecified atom stereocenters. The van der Waals surface area contributed by atoms with Crippen LogP contribution >= 0.6 is 39.1 Å². The van der Waals surface area contributed by atoms with Gasteiger partial charge in [0.15, 0.2) is 0 Å². The average molecular weight is 314 g/mol. The average Bonchev–Trinajstić information content (AvgIpc) is 2.13. The van der Waals surface area contributed by atoms with E-state index in [2.05, 4.69) is 15.9 Å². The molecule has 0 fully saturated rings. The van der Waals surface area contributed by atoms with Gasteiger partial charge in [0.2, 0.25) is 0 Å². The zero-order valence-electron chi connectivity index (χ0n) is 6.92. The van der Waals surface area contributed by atoms with Crippen LogP contribution in [0.5, 0.6) is 0 Å². The van der Waals surface area contributed by atoms with E-state index in [-0.39, 0.29) is 25.6 Å². The highest BCUT2D eigenvalue weighted by molar-refractivity contribution is 9.10. The molecule has 1 rings (SSSR count). The van der Waals surface area contributed by atoms with Crippen LogP contribution in [0.25, 0.3) is 0 Å². The lowest BCUT2D eigenvalue weighted by Gasteiger charge is -2.06. The molecule has 7 heteroatoms. The minimum atomic E-state index is -1.34. The molecule has 0 atom stereocenters. The maximum absolute atomic E-state index is 10.7. The second-order valence-electron chi connectivity index (χ2n) is 2.52. The van der Waals surface area contributed by atoms with E-state index in [1.54, 1.807) is 0 Å². The largest absolute Gasteiger partial charge is 0.478 e. The summed E-state index contributed by atoms with van der Waals surface area (Å²) in [7, 11) is 0. The molecule has 0 saturated heterocycles. The summed E-state index contributed by atoms with van der Waals surface area (Å²) in [4.78, 5) is 21.4. The highest BCUT2D eigenvalue weighted by atomic mass is 79.9. The summed E-state index contributed by atoms with van der Waals surface area (Å²) in [6.07, 6.45) is 0. The third-order valence-corrected chi connectivity index (χ3v) is 3.53. The maximum atomic E-state index is 10.7. The zero-order valence-corrected chi connectivity index (χ0v) is 10.0. The first-order valence-corrected chi connectivity index (χ1v) is 5.05. The summed E-state index contributed by atoms with van der Waals surface area (Å²) in [5, 5.41) is 17.2. The van der Waals surface area contributed by atoms with E-state index in [9.17, 15) is 9.59 Å². The Balaban J connectivity index is 3.59. The molecule has 0 saturated carbocycles. The van der Waals surface area contributed by atoms with Gasteiger partial charge in [-0.3, -0.25) is 0 Å². The lowest BCUT2D eigenvalue weighted by atomic mass is 10.1. The van der Waals surface area contributed by atoms with Crippen molar-refractivity contribution in [2.24, 2.45) is 0 Å². The lowest BCUT2D eigenvalue weighted by molar-refractivity contribution is 0.0695. The first-order valence-electron chi connectivity index (χ1n) is 3.50. The summed E-state index contributed by atoms with van der Waals surface area (Å²) in [6.45, 7) is 0. The normalized spacial score (nSPS) is 10.1. The maximum Gasteiger partial charge on any atom is 0.337 e. The molecule has 4 nitrogen and oxygen atoms in total. The van der Waals surface area contributed by atoms with Gasteiger partial charge in [-0.05, 0) is 22.0 Å². The number of carbonyl (C=O) groups is 2. The standard InChI is InChI=1S/C8H3BrCl2O4/c9-4-2(7(12)13)1-3(8(14)15)5(10)6(4)11/h1H,(H,12,13)(H,14,15). The molecule has 0 aliphatic heterocycles. The van der Waals surface area contributed by atoms with Crippen LogP contribution in [0.3, 0.4) is 0 Å². The van der Waals surface area contributed by atoms with Gasteiger partial charge in [-0.2, -0.15) is 0 Å². The van der Waals surface area contributed by atoms with Crippen LogP contribution in [0.1, 0.15) is 20.7 Å². The third-order valence-electron chi connectivity index (χ3n) is 1.61.